The zero-order chi connectivity index (χ0) is 29.6. The quantitative estimate of drug-likeness (QED) is 0.0742. The number of ether oxygens (including phenoxy) is 3. The van der Waals surface area contributed by atoms with Crippen molar-refractivity contribution in [3.05, 3.63) is 111 Å². The molecule has 10 heteroatoms. The summed E-state index contributed by atoms with van der Waals surface area (Å²) in [5.41, 5.74) is 5.73. The molecule has 0 atom stereocenters. The molecule has 0 bridgehead atoms. The highest BCUT2D eigenvalue weighted by molar-refractivity contribution is 9.10. The highest BCUT2D eigenvalue weighted by atomic mass is 79.9. The van der Waals surface area contributed by atoms with Crippen molar-refractivity contribution < 1.29 is 23.8 Å². The lowest BCUT2D eigenvalue weighted by molar-refractivity contribution is 0.0734. The van der Waals surface area contributed by atoms with Gasteiger partial charge in [0.15, 0.2) is 0 Å². The number of carbonyl (C=O) groups excluding carboxylic acids is 2. The van der Waals surface area contributed by atoms with Crippen LogP contribution in [0.15, 0.2) is 94.5 Å². The standard InChI is InChI=1S/C32H25BrClN3O5/c1-3-41-23-13-14-27-25(17-23)29(24-6-4-5-7-26(24)34)30(36-27)31(38)37-35-18-20-16-21(33)10-15-28(20)42-32(39)19-8-11-22(40-2)12-9-19/h4-18,36H,3H2,1-2H3,(H,37,38). The average molecular weight is 647 g/mol. The first kappa shape index (κ1) is 28.9. The van der Waals surface area contributed by atoms with Gasteiger partial charge in [0.1, 0.15) is 22.9 Å². The Morgan fingerprint density at radius 2 is 1.76 bits per heavy atom. The first-order chi connectivity index (χ1) is 20.4. The number of halogens is 2. The number of esters is 1. The summed E-state index contributed by atoms with van der Waals surface area (Å²) in [6, 6.07) is 24.5. The maximum atomic E-state index is 13.5. The third-order valence-corrected chi connectivity index (χ3v) is 7.14. The zero-order valence-corrected chi connectivity index (χ0v) is 25.0. The van der Waals surface area contributed by atoms with Gasteiger partial charge < -0.3 is 19.2 Å². The summed E-state index contributed by atoms with van der Waals surface area (Å²) >= 11 is 9.98. The van der Waals surface area contributed by atoms with E-state index < -0.39 is 11.9 Å². The fraction of sp³-hybridized carbons (Fsp3) is 0.0938. The van der Waals surface area contributed by atoms with E-state index >= 15 is 0 Å². The van der Waals surface area contributed by atoms with E-state index in [1.807, 2.05) is 43.3 Å². The number of aromatic amines is 1. The number of hydrazone groups is 1. The summed E-state index contributed by atoms with van der Waals surface area (Å²) in [4.78, 5) is 29.4. The molecule has 5 rings (SSSR count). The van der Waals surface area contributed by atoms with Gasteiger partial charge in [-0.25, -0.2) is 10.2 Å². The summed E-state index contributed by atoms with van der Waals surface area (Å²) in [6.45, 7) is 2.41. The first-order valence-electron chi connectivity index (χ1n) is 12.9. The highest BCUT2D eigenvalue weighted by Gasteiger charge is 2.21. The van der Waals surface area contributed by atoms with Crippen molar-refractivity contribution in [2.75, 3.05) is 13.7 Å². The van der Waals surface area contributed by atoms with Crippen molar-refractivity contribution in [2.45, 2.75) is 6.92 Å². The maximum absolute atomic E-state index is 13.5. The second-order valence-electron chi connectivity index (χ2n) is 8.99. The number of hydrogen-bond acceptors (Lipinski definition) is 6. The first-order valence-corrected chi connectivity index (χ1v) is 14.1. The minimum atomic E-state index is -0.549. The largest absolute Gasteiger partial charge is 0.497 e. The van der Waals surface area contributed by atoms with Crippen molar-refractivity contribution >= 4 is 56.5 Å². The topological polar surface area (TPSA) is 102 Å². The fourth-order valence-corrected chi connectivity index (χ4v) is 4.97. The number of amides is 1. The highest BCUT2D eigenvalue weighted by Crippen LogP contribution is 2.38. The van der Waals surface area contributed by atoms with Crippen molar-refractivity contribution in [1.29, 1.82) is 0 Å². The Hall–Kier alpha value is -4.60. The number of benzene rings is 4. The van der Waals surface area contributed by atoms with Crippen LogP contribution in [0.25, 0.3) is 22.0 Å². The van der Waals surface area contributed by atoms with Gasteiger partial charge in [0.05, 0.1) is 25.5 Å². The van der Waals surface area contributed by atoms with Gasteiger partial charge in [-0.2, -0.15) is 5.10 Å². The Bertz CT molecular complexity index is 1800. The smallest absolute Gasteiger partial charge is 0.343 e. The maximum Gasteiger partial charge on any atom is 0.343 e. The molecule has 5 aromatic rings. The van der Waals surface area contributed by atoms with Gasteiger partial charge in [-0.1, -0.05) is 45.7 Å². The number of aromatic nitrogens is 1. The summed E-state index contributed by atoms with van der Waals surface area (Å²) in [5, 5.41) is 5.44. The van der Waals surface area contributed by atoms with E-state index in [1.165, 1.54) is 6.21 Å². The predicted octanol–water partition coefficient (Wildman–Crippen LogP) is 7.64. The van der Waals surface area contributed by atoms with Gasteiger partial charge >= 0.3 is 5.97 Å². The molecule has 4 aromatic carbocycles. The molecule has 0 unspecified atom stereocenters. The van der Waals surface area contributed by atoms with E-state index in [0.717, 1.165) is 15.4 Å². The Morgan fingerprint density at radius 1 is 1.00 bits per heavy atom. The van der Waals surface area contributed by atoms with Crippen LogP contribution >= 0.6 is 27.5 Å². The van der Waals surface area contributed by atoms with Crippen LogP contribution in [0.3, 0.4) is 0 Å². The van der Waals surface area contributed by atoms with Crippen LogP contribution in [0.5, 0.6) is 17.2 Å². The van der Waals surface area contributed by atoms with Gasteiger partial charge in [-0.15, -0.1) is 0 Å². The number of hydrogen-bond donors (Lipinski definition) is 2. The Morgan fingerprint density at radius 3 is 2.50 bits per heavy atom. The zero-order valence-electron chi connectivity index (χ0n) is 22.6. The minimum Gasteiger partial charge on any atom is -0.497 e. The molecular weight excluding hydrogens is 622 g/mol. The second-order valence-corrected chi connectivity index (χ2v) is 10.3. The Labute approximate surface area is 255 Å². The SMILES string of the molecule is CCOc1ccc2[nH]c(C(=O)NN=Cc3cc(Br)ccc3OC(=O)c3ccc(OC)cc3)c(-c3ccccc3Cl)c2c1. The molecule has 0 saturated heterocycles. The van der Waals surface area contributed by atoms with Crippen LogP contribution in [0.1, 0.15) is 33.3 Å². The van der Waals surface area contributed by atoms with Gasteiger partial charge in [-0.05, 0) is 73.7 Å². The van der Waals surface area contributed by atoms with Gasteiger partial charge in [0.2, 0.25) is 0 Å². The number of H-pyrrole nitrogens is 1. The van der Waals surface area contributed by atoms with Gasteiger partial charge in [0.25, 0.3) is 5.91 Å². The summed E-state index contributed by atoms with van der Waals surface area (Å²) < 4.78 is 17.2. The number of fused-ring (bicyclic) bond motifs is 1. The van der Waals surface area contributed by atoms with Crippen LogP contribution in [-0.2, 0) is 0 Å². The van der Waals surface area contributed by atoms with Crippen molar-refractivity contribution in [1.82, 2.24) is 10.4 Å². The monoisotopic (exact) mass is 645 g/mol. The third kappa shape index (κ3) is 6.32. The molecule has 0 aliphatic rings. The molecule has 1 aromatic heterocycles. The van der Waals surface area contributed by atoms with Crippen LogP contribution < -0.4 is 19.6 Å². The van der Waals surface area contributed by atoms with E-state index in [2.05, 4.69) is 31.4 Å². The molecule has 0 fully saturated rings. The number of nitrogens with zero attached hydrogens (tertiary/aromatic N) is 1. The molecule has 42 heavy (non-hydrogen) atoms. The molecular formula is C32H25BrClN3O5. The molecule has 0 aliphatic carbocycles. The summed E-state index contributed by atoms with van der Waals surface area (Å²) in [5.74, 6) is 0.535. The lowest BCUT2D eigenvalue weighted by atomic mass is 10.0. The average Bonchev–Trinajstić information content (AvgIpc) is 3.37. The molecule has 1 heterocycles. The van der Waals surface area contributed by atoms with E-state index in [4.69, 9.17) is 25.8 Å². The second kappa shape index (κ2) is 12.9. The minimum absolute atomic E-state index is 0.267. The fourth-order valence-electron chi connectivity index (χ4n) is 4.36. The van der Waals surface area contributed by atoms with Crippen LogP contribution in [0.4, 0.5) is 0 Å². The molecule has 8 nitrogen and oxygen atoms in total. The summed E-state index contributed by atoms with van der Waals surface area (Å²) in [6.07, 6.45) is 1.41. The van der Waals surface area contributed by atoms with Crippen molar-refractivity contribution in [2.24, 2.45) is 5.10 Å². The van der Waals surface area contributed by atoms with Crippen molar-refractivity contribution in [3.63, 3.8) is 0 Å². The summed E-state index contributed by atoms with van der Waals surface area (Å²) in [7, 11) is 1.55. The van der Waals surface area contributed by atoms with Crippen molar-refractivity contribution in [3.8, 4) is 28.4 Å². The number of rotatable bonds is 9. The molecule has 0 radical (unpaired) electrons. The lowest BCUT2D eigenvalue weighted by Gasteiger charge is -2.09. The van der Waals surface area contributed by atoms with Crippen LogP contribution in [-0.4, -0.2) is 36.8 Å². The third-order valence-electron chi connectivity index (χ3n) is 6.32. The number of methoxy groups -OCH3 is 1. The van der Waals surface area contributed by atoms with E-state index in [0.29, 0.717) is 45.4 Å². The Balaban J connectivity index is 1.42. The van der Waals surface area contributed by atoms with E-state index in [-0.39, 0.29) is 11.4 Å². The molecule has 0 saturated carbocycles. The molecule has 212 valence electrons. The predicted molar refractivity (Wildman–Crippen MR) is 167 cm³/mol. The van der Waals surface area contributed by atoms with Gasteiger partial charge in [-0.3, -0.25) is 4.79 Å². The molecule has 2 N–H and O–H groups in total. The molecule has 1 amide bonds. The Kier molecular flexibility index (Phi) is 8.90. The number of nitrogens with one attached hydrogen (secondary N) is 2. The molecule has 0 aliphatic heterocycles. The molecule has 0 spiro atoms. The lowest BCUT2D eigenvalue weighted by Crippen LogP contribution is -2.19. The van der Waals surface area contributed by atoms with Crippen LogP contribution in [0.2, 0.25) is 5.02 Å². The number of carbonyl (C=O) groups is 2. The van der Waals surface area contributed by atoms with E-state index in [9.17, 15) is 9.59 Å². The normalized spacial score (nSPS) is 11.0. The van der Waals surface area contributed by atoms with Crippen LogP contribution in [0, 0.1) is 0 Å². The van der Waals surface area contributed by atoms with E-state index in [1.54, 1.807) is 55.6 Å². The van der Waals surface area contributed by atoms with Gasteiger partial charge in [0, 0.05) is 37.1 Å².